The number of fused-ring (bicyclic) bond motifs is 1. The smallest absolute Gasteiger partial charge is 0.0632 e. The van der Waals surface area contributed by atoms with Crippen molar-refractivity contribution in [1.82, 2.24) is 9.97 Å². The SMILES string of the molecule is Cc1ncc(Br)c2[nH]ccc12. The van der Waals surface area contributed by atoms with E-state index in [2.05, 4.69) is 25.9 Å². The second kappa shape index (κ2) is 2.34. The molecule has 0 saturated heterocycles. The van der Waals surface area contributed by atoms with Crippen LogP contribution in [0.5, 0.6) is 0 Å². The zero-order valence-electron chi connectivity index (χ0n) is 6.06. The number of hydrogen-bond donors (Lipinski definition) is 1. The average Bonchev–Trinajstić information content (AvgIpc) is 2.45. The standard InChI is InChI=1S/C8H7BrN2/c1-5-6-2-3-10-8(6)7(9)4-11-5/h2-4,10H,1H3. The molecule has 2 rings (SSSR count). The molecule has 0 aliphatic carbocycles. The minimum atomic E-state index is 1.02. The second-order valence-corrected chi connectivity index (χ2v) is 3.31. The van der Waals surface area contributed by atoms with Crippen molar-refractivity contribution in [1.29, 1.82) is 0 Å². The average molecular weight is 211 g/mol. The van der Waals surface area contributed by atoms with Gasteiger partial charge >= 0.3 is 0 Å². The van der Waals surface area contributed by atoms with Crippen molar-refractivity contribution in [3.63, 3.8) is 0 Å². The van der Waals surface area contributed by atoms with Crippen molar-refractivity contribution in [2.24, 2.45) is 0 Å². The van der Waals surface area contributed by atoms with Gasteiger partial charge in [-0.3, -0.25) is 4.98 Å². The molecule has 0 amide bonds. The molecule has 2 aromatic rings. The van der Waals surface area contributed by atoms with Gasteiger partial charge in [0.1, 0.15) is 0 Å². The molecule has 0 bridgehead atoms. The van der Waals surface area contributed by atoms with Gasteiger partial charge in [0, 0.05) is 23.5 Å². The molecule has 0 aliphatic heterocycles. The Balaban J connectivity index is 2.96. The molecule has 2 heterocycles. The highest BCUT2D eigenvalue weighted by Crippen LogP contribution is 2.22. The topological polar surface area (TPSA) is 28.7 Å². The normalized spacial score (nSPS) is 10.7. The second-order valence-electron chi connectivity index (χ2n) is 2.46. The summed E-state index contributed by atoms with van der Waals surface area (Å²) >= 11 is 3.42. The number of aromatic nitrogens is 2. The van der Waals surface area contributed by atoms with Crippen LogP contribution in [0.4, 0.5) is 0 Å². The van der Waals surface area contributed by atoms with Gasteiger partial charge in [0.05, 0.1) is 9.99 Å². The number of H-pyrrole nitrogens is 1. The third kappa shape index (κ3) is 0.959. The molecular weight excluding hydrogens is 204 g/mol. The summed E-state index contributed by atoms with van der Waals surface area (Å²) in [7, 11) is 0. The maximum Gasteiger partial charge on any atom is 0.0632 e. The van der Waals surface area contributed by atoms with E-state index < -0.39 is 0 Å². The Labute approximate surface area is 72.8 Å². The van der Waals surface area contributed by atoms with Crippen LogP contribution in [0.1, 0.15) is 5.69 Å². The fourth-order valence-electron chi connectivity index (χ4n) is 1.16. The lowest BCUT2D eigenvalue weighted by Gasteiger charge is -1.95. The quantitative estimate of drug-likeness (QED) is 0.712. The fourth-order valence-corrected chi connectivity index (χ4v) is 1.59. The molecule has 2 aromatic heterocycles. The lowest BCUT2D eigenvalue weighted by molar-refractivity contribution is 1.22. The number of rotatable bonds is 0. The molecule has 0 fully saturated rings. The van der Waals surface area contributed by atoms with E-state index >= 15 is 0 Å². The fraction of sp³-hybridized carbons (Fsp3) is 0.125. The Morgan fingerprint density at radius 3 is 3.09 bits per heavy atom. The summed E-state index contributed by atoms with van der Waals surface area (Å²) < 4.78 is 1.02. The number of hydrogen-bond acceptors (Lipinski definition) is 1. The minimum absolute atomic E-state index is 1.02. The highest BCUT2D eigenvalue weighted by molar-refractivity contribution is 9.10. The molecule has 11 heavy (non-hydrogen) atoms. The largest absolute Gasteiger partial charge is 0.360 e. The van der Waals surface area contributed by atoms with E-state index in [0.717, 1.165) is 15.7 Å². The molecule has 0 atom stereocenters. The van der Waals surface area contributed by atoms with Crippen molar-refractivity contribution >= 4 is 26.8 Å². The van der Waals surface area contributed by atoms with Crippen LogP contribution in [0.2, 0.25) is 0 Å². The summed E-state index contributed by atoms with van der Waals surface area (Å²) in [4.78, 5) is 7.35. The maximum atomic E-state index is 4.21. The van der Waals surface area contributed by atoms with E-state index in [1.165, 1.54) is 5.39 Å². The molecule has 0 aromatic carbocycles. The molecule has 0 aliphatic rings. The van der Waals surface area contributed by atoms with Crippen LogP contribution in [0.25, 0.3) is 10.9 Å². The predicted octanol–water partition coefficient (Wildman–Crippen LogP) is 2.63. The number of aromatic amines is 1. The van der Waals surface area contributed by atoms with Crippen molar-refractivity contribution < 1.29 is 0 Å². The zero-order chi connectivity index (χ0) is 7.84. The lowest BCUT2D eigenvalue weighted by atomic mass is 10.2. The summed E-state index contributed by atoms with van der Waals surface area (Å²) in [5.41, 5.74) is 2.18. The molecule has 3 heteroatoms. The summed E-state index contributed by atoms with van der Waals surface area (Å²) in [5, 5.41) is 1.18. The third-order valence-corrected chi connectivity index (χ3v) is 2.35. The molecule has 2 nitrogen and oxygen atoms in total. The summed E-state index contributed by atoms with van der Waals surface area (Å²) in [6.45, 7) is 2.00. The predicted molar refractivity (Wildman–Crippen MR) is 48.5 cm³/mol. The van der Waals surface area contributed by atoms with Gasteiger partial charge in [0.25, 0.3) is 0 Å². The highest BCUT2D eigenvalue weighted by Gasteiger charge is 2.01. The van der Waals surface area contributed by atoms with Gasteiger partial charge in [0.15, 0.2) is 0 Å². The van der Waals surface area contributed by atoms with Gasteiger partial charge < -0.3 is 4.98 Å². The van der Waals surface area contributed by atoms with Gasteiger partial charge in [-0.15, -0.1) is 0 Å². The lowest BCUT2D eigenvalue weighted by Crippen LogP contribution is -1.81. The Bertz CT molecular complexity index is 356. The number of aryl methyl sites for hydroxylation is 1. The zero-order valence-corrected chi connectivity index (χ0v) is 7.64. The van der Waals surface area contributed by atoms with Gasteiger partial charge in [0.2, 0.25) is 0 Å². The van der Waals surface area contributed by atoms with Crippen LogP contribution in [-0.2, 0) is 0 Å². The van der Waals surface area contributed by atoms with Gasteiger partial charge in [-0.1, -0.05) is 0 Å². The van der Waals surface area contributed by atoms with Gasteiger partial charge in [-0.2, -0.15) is 0 Å². The monoisotopic (exact) mass is 210 g/mol. The number of pyridine rings is 1. The van der Waals surface area contributed by atoms with E-state index in [1.807, 2.05) is 25.4 Å². The van der Waals surface area contributed by atoms with Crippen LogP contribution >= 0.6 is 15.9 Å². The molecule has 0 radical (unpaired) electrons. The first-order valence-corrected chi connectivity index (χ1v) is 4.16. The Kier molecular flexibility index (Phi) is 1.46. The molecule has 56 valence electrons. The Hall–Kier alpha value is -0.830. The third-order valence-electron chi connectivity index (χ3n) is 1.75. The first kappa shape index (κ1) is 6.85. The minimum Gasteiger partial charge on any atom is -0.360 e. The number of halogens is 1. The Morgan fingerprint density at radius 1 is 1.55 bits per heavy atom. The summed E-state index contributed by atoms with van der Waals surface area (Å²) in [5.74, 6) is 0. The number of nitrogens with one attached hydrogen (secondary N) is 1. The molecular formula is C8H7BrN2. The molecule has 0 spiro atoms. The van der Waals surface area contributed by atoms with Gasteiger partial charge in [-0.25, -0.2) is 0 Å². The van der Waals surface area contributed by atoms with Crippen molar-refractivity contribution in [3.8, 4) is 0 Å². The summed E-state index contributed by atoms with van der Waals surface area (Å²) in [6.07, 6.45) is 3.73. The van der Waals surface area contributed by atoms with Crippen molar-refractivity contribution in [3.05, 3.63) is 28.6 Å². The van der Waals surface area contributed by atoms with Crippen LogP contribution in [0.3, 0.4) is 0 Å². The first-order valence-electron chi connectivity index (χ1n) is 3.37. The summed E-state index contributed by atoms with van der Waals surface area (Å²) in [6, 6.07) is 2.03. The van der Waals surface area contributed by atoms with Crippen LogP contribution < -0.4 is 0 Å². The Morgan fingerprint density at radius 2 is 2.36 bits per heavy atom. The first-order chi connectivity index (χ1) is 5.29. The van der Waals surface area contributed by atoms with Crippen molar-refractivity contribution in [2.75, 3.05) is 0 Å². The van der Waals surface area contributed by atoms with Crippen molar-refractivity contribution in [2.45, 2.75) is 6.92 Å². The van der Waals surface area contributed by atoms with E-state index in [-0.39, 0.29) is 0 Å². The van der Waals surface area contributed by atoms with Crippen LogP contribution in [0, 0.1) is 6.92 Å². The molecule has 0 saturated carbocycles. The van der Waals surface area contributed by atoms with Crippen LogP contribution in [-0.4, -0.2) is 9.97 Å². The van der Waals surface area contributed by atoms with E-state index in [0.29, 0.717) is 0 Å². The van der Waals surface area contributed by atoms with E-state index in [9.17, 15) is 0 Å². The maximum absolute atomic E-state index is 4.21. The molecule has 0 unspecified atom stereocenters. The highest BCUT2D eigenvalue weighted by atomic mass is 79.9. The number of nitrogens with zero attached hydrogens (tertiary/aromatic N) is 1. The van der Waals surface area contributed by atoms with E-state index in [1.54, 1.807) is 0 Å². The molecule has 1 N–H and O–H groups in total. The van der Waals surface area contributed by atoms with E-state index in [4.69, 9.17) is 0 Å². The van der Waals surface area contributed by atoms with Gasteiger partial charge in [-0.05, 0) is 28.9 Å². The van der Waals surface area contributed by atoms with Crippen LogP contribution in [0.15, 0.2) is 22.9 Å².